The second-order valence-corrected chi connectivity index (χ2v) is 4.81. The maximum atomic E-state index is 11.3. The molecule has 0 spiro atoms. The minimum atomic E-state index is -2.67. The Bertz CT molecular complexity index is 565. The van der Waals surface area contributed by atoms with E-state index >= 15 is 0 Å². The molecule has 21 heavy (non-hydrogen) atoms. The van der Waals surface area contributed by atoms with Gasteiger partial charge >= 0.3 is 5.66 Å². The van der Waals surface area contributed by atoms with Gasteiger partial charge in [0.25, 0.3) is 0 Å². The summed E-state index contributed by atoms with van der Waals surface area (Å²) in [5.41, 5.74) is -2.58. The molecule has 0 radical (unpaired) electrons. The van der Waals surface area contributed by atoms with Crippen molar-refractivity contribution in [3.8, 4) is 0 Å². The van der Waals surface area contributed by atoms with Gasteiger partial charge in [-0.3, -0.25) is 30.3 Å². The average molecular weight is 318 g/mol. The fraction of sp³-hybridized carbons (Fsp3) is 0.455. The zero-order chi connectivity index (χ0) is 16.2. The van der Waals surface area contributed by atoms with Crippen molar-refractivity contribution in [2.75, 3.05) is 6.54 Å². The zero-order valence-corrected chi connectivity index (χ0v) is 11.7. The first-order chi connectivity index (χ1) is 9.75. The average Bonchev–Trinajstić information content (AvgIpc) is 2.37. The Balaban J connectivity index is 3.51. The van der Waals surface area contributed by atoms with Gasteiger partial charge in [0.2, 0.25) is 6.54 Å². The Morgan fingerprint density at radius 2 is 1.76 bits per heavy atom. The molecule has 0 aliphatic carbocycles. The number of hydrogen-bond acceptors (Lipinski definition) is 6. The van der Waals surface area contributed by atoms with Crippen LogP contribution in [0.5, 0.6) is 0 Å². The van der Waals surface area contributed by atoms with Crippen molar-refractivity contribution in [3.05, 3.63) is 65.2 Å². The number of nitrogens with zero attached hydrogens (tertiary/aromatic N) is 3. The Morgan fingerprint density at radius 1 is 1.19 bits per heavy atom. The lowest BCUT2D eigenvalue weighted by Crippen LogP contribution is -2.52. The van der Waals surface area contributed by atoms with E-state index in [0.29, 0.717) is 0 Å². The fourth-order valence-electron chi connectivity index (χ4n) is 2.22. The molecule has 0 saturated carbocycles. The third-order valence-corrected chi connectivity index (χ3v) is 3.53. The van der Waals surface area contributed by atoms with Crippen molar-refractivity contribution in [1.29, 1.82) is 0 Å². The molecule has 1 aromatic carbocycles. The Kier molecular flexibility index (Phi) is 5.14. The van der Waals surface area contributed by atoms with Gasteiger partial charge in [0.05, 0.1) is 16.3 Å². The third kappa shape index (κ3) is 3.24. The number of nitro groups is 3. The molecule has 0 N–H and O–H groups in total. The topological polar surface area (TPSA) is 129 Å². The van der Waals surface area contributed by atoms with E-state index in [1.807, 2.05) is 0 Å². The Hall–Kier alpha value is -2.29. The lowest BCUT2D eigenvalue weighted by molar-refractivity contribution is -0.805. The second-order valence-electron chi connectivity index (χ2n) is 4.37. The third-order valence-electron chi connectivity index (χ3n) is 3.29. The summed E-state index contributed by atoms with van der Waals surface area (Å²) in [6.45, 7) is 0.319. The smallest absolute Gasteiger partial charge is 0.265 e. The van der Waals surface area contributed by atoms with Crippen LogP contribution in [0, 0.1) is 30.3 Å². The lowest BCUT2D eigenvalue weighted by atomic mass is 9.84. The minimum absolute atomic E-state index is 0.0921. The summed E-state index contributed by atoms with van der Waals surface area (Å²) in [6.07, 6.45) is -0.488. The van der Waals surface area contributed by atoms with Gasteiger partial charge in [-0.05, 0) is 17.7 Å². The number of benzene rings is 1. The summed E-state index contributed by atoms with van der Waals surface area (Å²) in [5, 5.41) is 33.6. The molecule has 0 aliphatic heterocycles. The van der Waals surface area contributed by atoms with Crippen LogP contribution in [0.1, 0.15) is 24.8 Å². The first-order valence-electron chi connectivity index (χ1n) is 5.92. The zero-order valence-electron chi connectivity index (χ0n) is 11.0. The highest BCUT2D eigenvalue weighted by atomic mass is 35.5. The Morgan fingerprint density at radius 3 is 2.14 bits per heavy atom. The van der Waals surface area contributed by atoms with Gasteiger partial charge in [-0.2, -0.15) is 0 Å². The maximum Gasteiger partial charge on any atom is 0.471 e. The van der Waals surface area contributed by atoms with E-state index in [1.165, 1.54) is 31.2 Å². The van der Waals surface area contributed by atoms with Crippen molar-refractivity contribution in [3.63, 3.8) is 0 Å². The van der Waals surface area contributed by atoms with E-state index in [9.17, 15) is 30.3 Å². The summed E-state index contributed by atoms with van der Waals surface area (Å²) in [5.74, 6) is -1.53. The van der Waals surface area contributed by atoms with E-state index in [1.54, 1.807) is 0 Å². The summed E-state index contributed by atoms with van der Waals surface area (Å²) in [4.78, 5) is 30.4. The molecule has 9 nitrogen and oxygen atoms in total. The van der Waals surface area contributed by atoms with Crippen LogP contribution >= 0.6 is 11.6 Å². The van der Waals surface area contributed by atoms with Crippen molar-refractivity contribution in [1.82, 2.24) is 0 Å². The van der Waals surface area contributed by atoms with Gasteiger partial charge in [0, 0.05) is 9.95 Å². The van der Waals surface area contributed by atoms with Crippen LogP contribution in [0.4, 0.5) is 0 Å². The predicted molar refractivity (Wildman–Crippen MR) is 73.1 cm³/mol. The molecule has 0 amide bonds. The highest BCUT2D eigenvalue weighted by Crippen LogP contribution is 2.35. The molecule has 0 bridgehead atoms. The SMILES string of the molecule is CCC(C(C[N+](=O)[O-])c1cccc(Cl)c1)([N+](=O)[O-])[N+](=O)[O-]. The molecule has 0 fully saturated rings. The van der Waals surface area contributed by atoms with Gasteiger partial charge in [-0.15, -0.1) is 0 Å². The van der Waals surface area contributed by atoms with E-state index < -0.39 is 39.3 Å². The van der Waals surface area contributed by atoms with Crippen molar-refractivity contribution >= 4 is 11.6 Å². The minimum Gasteiger partial charge on any atom is -0.265 e. The molecule has 0 heterocycles. The standard InChI is InChI=1S/C11H12ClN3O6/c1-2-11(14(18)19,15(20)21)10(7-13(16)17)8-4-3-5-9(12)6-8/h3-6,10H,2,7H2,1H3. The molecule has 1 rings (SSSR count). The van der Waals surface area contributed by atoms with E-state index in [2.05, 4.69) is 0 Å². The maximum absolute atomic E-state index is 11.3. The molecular formula is C11H12ClN3O6. The van der Waals surface area contributed by atoms with Gasteiger partial charge in [-0.1, -0.05) is 30.7 Å². The first-order valence-corrected chi connectivity index (χ1v) is 6.29. The van der Waals surface area contributed by atoms with Crippen LogP contribution < -0.4 is 0 Å². The summed E-state index contributed by atoms with van der Waals surface area (Å²) in [7, 11) is 0. The van der Waals surface area contributed by atoms with Gasteiger partial charge in [0.1, 0.15) is 0 Å². The van der Waals surface area contributed by atoms with E-state index in [4.69, 9.17) is 11.6 Å². The molecule has 1 aromatic rings. The quantitative estimate of drug-likeness (QED) is 0.431. The van der Waals surface area contributed by atoms with Crippen LogP contribution in [0.3, 0.4) is 0 Å². The van der Waals surface area contributed by atoms with Gasteiger partial charge in [-0.25, -0.2) is 0 Å². The summed E-state index contributed by atoms with van der Waals surface area (Å²) < 4.78 is 0. The van der Waals surface area contributed by atoms with E-state index in [-0.39, 0.29) is 10.6 Å². The van der Waals surface area contributed by atoms with Gasteiger partial charge < -0.3 is 0 Å². The number of halogens is 1. The molecule has 1 atom stereocenters. The number of hydrogen-bond donors (Lipinski definition) is 0. The largest absolute Gasteiger partial charge is 0.471 e. The van der Waals surface area contributed by atoms with E-state index in [0.717, 1.165) is 0 Å². The van der Waals surface area contributed by atoms with Gasteiger partial charge in [0.15, 0.2) is 5.92 Å². The van der Waals surface area contributed by atoms with Crippen LogP contribution in [-0.2, 0) is 0 Å². The molecule has 1 unspecified atom stereocenters. The normalized spacial score (nSPS) is 12.7. The highest BCUT2D eigenvalue weighted by molar-refractivity contribution is 6.30. The molecule has 114 valence electrons. The number of rotatable bonds is 7. The monoisotopic (exact) mass is 317 g/mol. The fourth-order valence-corrected chi connectivity index (χ4v) is 2.42. The van der Waals surface area contributed by atoms with Crippen LogP contribution in [0.15, 0.2) is 24.3 Å². The molecule has 0 saturated heterocycles. The van der Waals surface area contributed by atoms with Crippen molar-refractivity contribution in [2.45, 2.75) is 24.9 Å². The molecule has 0 aliphatic rings. The van der Waals surface area contributed by atoms with Crippen LogP contribution in [-0.4, -0.2) is 27.0 Å². The van der Waals surface area contributed by atoms with Crippen molar-refractivity contribution < 1.29 is 14.8 Å². The molecule has 0 aromatic heterocycles. The highest BCUT2D eigenvalue weighted by Gasteiger charge is 2.63. The second kappa shape index (κ2) is 6.44. The Labute approximate surface area is 124 Å². The lowest BCUT2D eigenvalue weighted by Gasteiger charge is -2.22. The first kappa shape index (κ1) is 16.8. The molecular weight excluding hydrogens is 306 g/mol. The summed E-state index contributed by atoms with van der Waals surface area (Å²) >= 11 is 5.77. The predicted octanol–water partition coefficient (Wildman–Crippen LogP) is 2.36. The summed E-state index contributed by atoms with van der Waals surface area (Å²) in [6, 6.07) is 5.54. The van der Waals surface area contributed by atoms with Crippen LogP contribution in [0.2, 0.25) is 5.02 Å². The van der Waals surface area contributed by atoms with Crippen molar-refractivity contribution in [2.24, 2.45) is 0 Å². The van der Waals surface area contributed by atoms with Crippen LogP contribution in [0.25, 0.3) is 0 Å². The molecule has 10 heteroatoms.